The van der Waals surface area contributed by atoms with E-state index in [4.69, 9.17) is 27.9 Å². The van der Waals surface area contributed by atoms with Crippen LogP contribution in [0.25, 0.3) is 56.3 Å². The van der Waals surface area contributed by atoms with E-state index in [1.807, 2.05) is 91.0 Å². The highest BCUT2D eigenvalue weighted by Crippen LogP contribution is 2.22. The number of rotatable bonds is 16. The minimum absolute atomic E-state index is 0.227. The quantitative estimate of drug-likeness (QED) is 0.0600. The SMILES string of the molecule is COc1ccc(C(=O)Nc2ncc(-c3ccccn3)cn2)cc1.Cn1cncc1C(=O)Nc1ncc(-c2ccccn2)cn1.O=C(Nc1ncc(-c2ccccn2)cn1)c1ccc(Cl)cc1.O=C(Nc1ncc(-c2ccccn2)cn1)c1cccc(Cl)c1.O=C(Nc1ncc(-c2ccccn2)cn1)c1cncs1. The number of carbonyl (C=O) groups is 5. The van der Waals surface area contributed by atoms with Gasteiger partial charge in [0.25, 0.3) is 29.5 Å². The van der Waals surface area contributed by atoms with E-state index < -0.39 is 0 Å². The highest BCUT2D eigenvalue weighted by Gasteiger charge is 2.16. The van der Waals surface area contributed by atoms with Crippen LogP contribution in [-0.4, -0.2) is 126 Å². The van der Waals surface area contributed by atoms with Gasteiger partial charge in [-0.2, -0.15) is 0 Å². The summed E-state index contributed by atoms with van der Waals surface area (Å²) in [6.07, 6.45) is 29.2. The highest BCUT2D eigenvalue weighted by atomic mass is 35.5. The molecule has 29 nitrogen and oxygen atoms in total. The van der Waals surface area contributed by atoms with E-state index >= 15 is 0 Å². The molecule has 0 aliphatic carbocycles. The summed E-state index contributed by atoms with van der Waals surface area (Å²) in [5.41, 5.74) is 11.3. The van der Waals surface area contributed by atoms with Crippen molar-refractivity contribution < 1.29 is 28.7 Å². The van der Waals surface area contributed by atoms with Crippen molar-refractivity contribution in [2.24, 2.45) is 7.05 Å². The summed E-state index contributed by atoms with van der Waals surface area (Å²) in [6, 6.07) is 48.0. The van der Waals surface area contributed by atoms with Crippen LogP contribution in [-0.2, 0) is 7.05 Å². The number of methoxy groups -OCH3 is 1. The van der Waals surface area contributed by atoms with E-state index in [-0.39, 0.29) is 59.3 Å². The fourth-order valence-electron chi connectivity index (χ4n) is 9.02. The number of amides is 5. The molecule has 5 amide bonds. The number of hydrogen-bond donors (Lipinski definition) is 5. The Kier molecular flexibility index (Phi) is 26.3. The number of carbonyl (C=O) groups excluding carboxylic acids is 5. The van der Waals surface area contributed by atoms with Gasteiger partial charge in [0.1, 0.15) is 16.3 Å². The number of thiazole rings is 1. The Hall–Kier alpha value is -14.6. The molecule has 15 rings (SSSR count). The van der Waals surface area contributed by atoms with E-state index in [2.05, 4.69) is 111 Å². The van der Waals surface area contributed by atoms with Crippen molar-refractivity contribution in [3.05, 3.63) is 318 Å². The molecule has 0 aliphatic rings. The lowest BCUT2D eigenvalue weighted by Gasteiger charge is -2.05. The maximum absolute atomic E-state index is 12.1. The van der Waals surface area contributed by atoms with Crippen LogP contribution in [0.4, 0.5) is 29.7 Å². The summed E-state index contributed by atoms with van der Waals surface area (Å²) in [4.78, 5) is 131. The molecular formula is C76H57Cl2N23O6S. The number of aromatic nitrogens is 18. The zero-order chi connectivity index (χ0) is 75.2. The molecule has 0 unspecified atom stereocenters. The number of halogens is 2. The number of pyridine rings is 5. The maximum atomic E-state index is 12.1. The van der Waals surface area contributed by atoms with Crippen LogP contribution in [0, 0.1) is 0 Å². The molecule has 12 aromatic heterocycles. The number of anilines is 5. The summed E-state index contributed by atoms with van der Waals surface area (Å²) < 4.78 is 6.68. The third-order valence-electron chi connectivity index (χ3n) is 14.4. The molecule has 0 saturated carbocycles. The molecule has 32 heteroatoms. The molecule has 15 aromatic rings. The van der Waals surface area contributed by atoms with Crippen molar-refractivity contribution in [1.82, 2.24) is 89.3 Å². The van der Waals surface area contributed by atoms with Crippen LogP contribution >= 0.6 is 34.5 Å². The lowest BCUT2D eigenvalue weighted by atomic mass is 10.2. The number of imidazole rings is 1. The Labute approximate surface area is 629 Å². The van der Waals surface area contributed by atoms with E-state index in [9.17, 15) is 24.0 Å². The molecule has 5 N–H and O–H groups in total. The number of aryl methyl sites for hydroxylation is 1. The van der Waals surface area contributed by atoms with Gasteiger partial charge in [-0.1, -0.05) is 59.6 Å². The molecule has 3 aromatic carbocycles. The van der Waals surface area contributed by atoms with Gasteiger partial charge >= 0.3 is 0 Å². The fraction of sp³-hybridized carbons (Fsp3) is 0.0263. The monoisotopic (exact) mass is 1490 g/mol. The summed E-state index contributed by atoms with van der Waals surface area (Å²) in [6.45, 7) is 0. The standard InChI is InChI=1S/C17H14N4O2.2C16H11ClN4O.C14H12N6O.C13H9N5OS/c1-23-14-7-5-12(6-8-14)16(22)21-17-19-10-13(11-20-17)15-4-2-3-9-18-15;17-13-5-3-4-11(8-13)15(22)21-16-19-9-12(10-20-16)14-6-1-2-7-18-14;17-13-6-4-11(5-7-13)15(22)21-16-19-9-12(10-20-16)14-3-1-2-8-18-14;1-20-9-15-8-12(20)13(21)19-14-17-6-10(7-18-14)11-4-2-3-5-16-11;19-12(11-7-14-8-20-11)18-13-16-5-9(6-17-13)10-3-1-2-4-15-10/h2-11H,1H3,(H,19,20,21,22);2*1-10H,(H,19,20,21,22);2-9H,1H3,(H,17,18,19,21);1-8H,(H,16,17,18,19). The number of nitrogens with zero attached hydrogens (tertiary/aromatic N) is 18. The Bertz CT molecular complexity index is 5380. The van der Waals surface area contributed by atoms with E-state index in [1.54, 1.807) is 196 Å². The van der Waals surface area contributed by atoms with Crippen molar-refractivity contribution in [3.63, 3.8) is 0 Å². The normalized spacial score (nSPS) is 10.2. The third kappa shape index (κ3) is 22.0. The van der Waals surface area contributed by atoms with Gasteiger partial charge in [0.15, 0.2) is 0 Å². The number of ether oxygens (including phenoxy) is 1. The van der Waals surface area contributed by atoms with Gasteiger partial charge in [-0.05, 0) is 127 Å². The molecule has 0 bridgehead atoms. The van der Waals surface area contributed by atoms with Crippen molar-refractivity contribution in [2.75, 3.05) is 33.7 Å². The zero-order valence-electron chi connectivity index (χ0n) is 56.7. The molecule has 0 atom stereocenters. The number of benzene rings is 3. The van der Waals surface area contributed by atoms with E-state index in [1.165, 1.54) is 23.7 Å². The summed E-state index contributed by atoms with van der Waals surface area (Å²) in [5, 5.41) is 14.2. The van der Waals surface area contributed by atoms with Crippen LogP contribution in [0.1, 0.15) is 51.2 Å². The van der Waals surface area contributed by atoms with Gasteiger partial charge in [0, 0.05) is 155 Å². The van der Waals surface area contributed by atoms with Crippen LogP contribution in [0.3, 0.4) is 0 Å². The van der Waals surface area contributed by atoms with Gasteiger partial charge in [0.05, 0.1) is 59.8 Å². The molecule has 12 heterocycles. The first-order valence-electron chi connectivity index (χ1n) is 32.0. The first-order chi connectivity index (χ1) is 52.8. The third-order valence-corrected chi connectivity index (χ3v) is 15.7. The molecular weight excluding hydrogens is 1430 g/mol. The van der Waals surface area contributed by atoms with Crippen molar-refractivity contribution in [1.29, 1.82) is 0 Å². The van der Waals surface area contributed by atoms with Crippen LogP contribution in [0.5, 0.6) is 5.75 Å². The van der Waals surface area contributed by atoms with Gasteiger partial charge in [-0.25, -0.2) is 54.8 Å². The maximum Gasteiger partial charge on any atom is 0.276 e. The second-order valence-corrected chi connectivity index (χ2v) is 23.6. The first-order valence-corrected chi connectivity index (χ1v) is 33.6. The molecule has 0 radical (unpaired) electrons. The van der Waals surface area contributed by atoms with Gasteiger partial charge in [-0.3, -0.25) is 80.5 Å². The van der Waals surface area contributed by atoms with Crippen molar-refractivity contribution >= 4 is 93.8 Å². The number of hydrogen-bond acceptors (Lipinski definition) is 24. The van der Waals surface area contributed by atoms with E-state index in [0.717, 1.165) is 56.3 Å². The minimum Gasteiger partial charge on any atom is -0.497 e. The topological polar surface area (TPSA) is 379 Å². The average molecular weight is 1490 g/mol. The summed E-state index contributed by atoms with van der Waals surface area (Å²) in [5.74, 6) is 0.434. The lowest BCUT2D eigenvalue weighted by Crippen LogP contribution is -2.17. The Morgan fingerprint density at radius 1 is 0.343 bits per heavy atom. The predicted molar refractivity (Wildman–Crippen MR) is 407 cm³/mol. The minimum atomic E-state index is -0.312. The first kappa shape index (κ1) is 74.6. The number of nitrogens with one attached hydrogen (secondary N) is 5. The van der Waals surface area contributed by atoms with E-state index in [0.29, 0.717) is 43.1 Å². The molecule has 108 heavy (non-hydrogen) atoms. The Morgan fingerprint density at radius 2 is 0.685 bits per heavy atom. The van der Waals surface area contributed by atoms with Gasteiger partial charge < -0.3 is 9.30 Å². The molecule has 532 valence electrons. The van der Waals surface area contributed by atoms with Crippen LogP contribution < -0.4 is 31.3 Å². The summed E-state index contributed by atoms with van der Waals surface area (Å²) in [7, 11) is 3.32. The Morgan fingerprint density at radius 3 is 0.991 bits per heavy atom. The van der Waals surface area contributed by atoms with Crippen molar-refractivity contribution in [3.8, 4) is 62.0 Å². The smallest absolute Gasteiger partial charge is 0.276 e. The largest absolute Gasteiger partial charge is 0.497 e. The zero-order valence-corrected chi connectivity index (χ0v) is 59.0. The second kappa shape index (κ2) is 38.1. The summed E-state index contributed by atoms with van der Waals surface area (Å²) >= 11 is 12.9. The molecule has 0 saturated heterocycles. The van der Waals surface area contributed by atoms with Crippen LogP contribution in [0.15, 0.2) is 281 Å². The fourth-order valence-corrected chi connectivity index (χ4v) is 9.85. The second-order valence-electron chi connectivity index (χ2n) is 21.8. The van der Waals surface area contributed by atoms with Gasteiger partial charge in [0.2, 0.25) is 29.7 Å². The lowest BCUT2D eigenvalue weighted by molar-refractivity contribution is 0.101. The van der Waals surface area contributed by atoms with Crippen LogP contribution in [0.2, 0.25) is 10.0 Å². The molecule has 0 spiro atoms. The van der Waals surface area contributed by atoms with Crippen molar-refractivity contribution in [2.45, 2.75) is 0 Å². The average Bonchev–Trinajstić information content (AvgIpc) is 0.956. The Balaban J connectivity index is 0.000000134. The molecule has 0 aliphatic heterocycles. The highest BCUT2D eigenvalue weighted by molar-refractivity contribution is 7.11. The molecule has 0 fully saturated rings. The van der Waals surface area contributed by atoms with Gasteiger partial charge in [-0.15, -0.1) is 11.3 Å². The predicted octanol–water partition coefficient (Wildman–Crippen LogP) is 13.5.